The van der Waals surface area contributed by atoms with Gasteiger partial charge in [-0.25, -0.2) is 0 Å². The second-order valence-corrected chi connectivity index (χ2v) is 3.99. The fraction of sp³-hybridized carbons (Fsp3) is 1.00. The largest absolute Gasteiger partial charge is 0.394 e. The van der Waals surface area contributed by atoms with Gasteiger partial charge in [-0.2, -0.15) is 0 Å². The maximum Gasteiger partial charge on any atom is 0.0615 e. The monoisotopic (exact) mass is 145 g/mol. The molecular formula is C8H19NO. The van der Waals surface area contributed by atoms with Crippen LogP contribution in [0.4, 0.5) is 0 Å². The maximum atomic E-state index is 9.06. The topological polar surface area (TPSA) is 32.3 Å². The molecule has 0 spiro atoms. The van der Waals surface area contributed by atoms with E-state index >= 15 is 0 Å². The Morgan fingerprint density at radius 2 is 1.60 bits per heavy atom. The quantitative estimate of drug-likeness (QED) is 0.607. The van der Waals surface area contributed by atoms with Crippen LogP contribution >= 0.6 is 0 Å². The lowest BCUT2D eigenvalue weighted by Crippen LogP contribution is -2.53. The van der Waals surface area contributed by atoms with E-state index in [-0.39, 0.29) is 17.6 Å². The predicted molar refractivity (Wildman–Crippen MR) is 44.0 cm³/mol. The van der Waals surface area contributed by atoms with Crippen molar-refractivity contribution in [2.45, 2.75) is 33.2 Å². The Balaban J connectivity index is 4.33. The van der Waals surface area contributed by atoms with Crippen LogP contribution in [0.3, 0.4) is 0 Å². The highest BCUT2D eigenvalue weighted by molar-refractivity contribution is 4.92. The van der Waals surface area contributed by atoms with Gasteiger partial charge in [0.05, 0.1) is 6.61 Å². The van der Waals surface area contributed by atoms with Crippen LogP contribution in [-0.2, 0) is 0 Å². The number of likely N-dealkylation sites (N-methyl/N-ethyl adjacent to an activating group) is 1. The fourth-order valence-corrected chi connectivity index (χ4v) is 0.691. The average molecular weight is 145 g/mol. The summed E-state index contributed by atoms with van der Waals surface area (Å²) in [5.74, 6) is 0. The number of nitrogens with one attached hydrogen (secondary N) is 1. The van der Waals surface area contributed by atoms with Crippen molar-refractivity contribution in [1.82, 2.24) is 5.32 Å². The van der Waals surface area contributed by atoms with E-state index in [4.69, 9.17) is 5.11 Å². The smallest absolute Gasteiger partial charge is 0.0615 e. The van der Waals surface area contributed by atoms with Crippen molar-refractivity contribution >= 4 is 0 Å². The molecular weight excluding hydrogens is 126 g/mol. The molecule has 0 fully saturated rings. The minimum Gasteiger partial charge on any atom is -0.394 e. The van der Waals surface area contributed by atoms with Crippen LogP contribution in [0.15, 0.2) is 0 Å². The van der Waals surface area contributed by atoms with E-state index < -0.39 is 0 Å². The Morgan fingerprint density at radius 3 is 1.60 bits per heavy atom. The van der Waals surface area contributed by atoms with E-state index in [0.29, 0.717) is 0 Å². The molecule has 0 aliphatic rings. The molecule has 2 heteroatoms. The van der Waals surface area contributed by atoms with Crippen LogP contribution in [-0.4, -0.2) is 24.3 Å². The van der Waals surface area contributed by atoms with Crippen molar-refractivity contribution in [3.63, 3.8) is 0 Å². The summed E-state index contributed by atoms with van der Waals surface area (Å²) in [5, 5.41) is 12.2. The van der Waals surface area contributed by atoms with Gasteiger partial charge in [-0.1, -0.05) is 20.8 Å². The Labute approximate surface area is 63.6 Å². The molecule has 0 heterocycles. The van der Waals surface area contributed by atoms with Gasteiger partial charge in [0.1, 0.15) is 0 Å². The summed E-state index contributed by atoms with van der Waals surface area (Å²) in [6.45, 7) is 8.53. The van der Waals surface area contributed by atoms with Gasteiger partial charge in [0.25, 0.3) is 0 Å². The van der Waals surface area contributed by atoms with E-state index in [2.05, 4.69) is 26.1 Å². The van der Waals surface area contributed by atoms with E-state index in [0.717, 1.165) is 0 Å². The molecule has 0 aromatic carbocycles. The Kier molecular flexibility index (Phi) is 2.86. The minimum absolute atomic E-state index is 0.0938. The van der Waals surface area contributed by atoms with Gasteiger partial charge in [-0.3, -0.25) is 0 Å². The molecule has 0 rings (SSSR count). The van der Waals surface area contributed by atoms with Crippen molar-refractivity contribution in [2.24, 2.45) is 5.41 Å². The SMILES string of the molecule is CNC(C)(CO)C(C)(C)C. The summed E-state index contributed by atoms with van der Waals surface area (Å²) in [6.07, 6.45) is 0. The lowest BCUT2D eigenvalue weighted by Gasteiger charge is -2.40. The van der Waals surface area contributed by atoms with Crippen LogP contribution in [0.5, 0.6) is 0 Å². The third kappa shape index (κ3) is 1.70. The summed E-state index contributed by atoms with van der Waals surface area (Å²) >= 11 is 0. The molecule has 1 unspecified atom stereocenters. The highest BCUT2D eigenvalue weighted by Gasteiger charge is 2.34. The molecule has 62 valence electrons. The molecule has 0 aromatic heterocycles. The van der Waals surface area contributed by atoms with Crippen molar-refractivity contribution in [3.8, 4) is 0 Å². The first-order chi connectivity index (χ1) is 4.37. The van der Waals surface area contributed by atoms with Gasteiger partial charge in [0, 0.05) is 5.54 Å². The maximum absolute atomic E-state index is 9.06. The minimum atomic E-state index is -0.174. The summed E-state index contributed by atoms with van der Waals surface area (Å²) in [6, 6.07) is 0. The molecule has 0 aliphatic carbocycles. The second-order valence-electron chi connectivity index (χ2n) is 3.99. The Hall–Kier alpha value is -0.0800. The molecule has 0 bridgehead atoms. The van der Waals surface area contributed by atoms with Crippen LogP contribution in [0, 0.1) is 5.41 Å². The number of rotatable bonds is 2. The number of aliphatic hydroxyl groups excluding tert-OH is 1. The van der Waals surface area contributed by atoms with Gasteiger partial charge in [-0.05, 0) is 19.4 Å². The number of hydrogen-bond acceptors (Lipinski definition) is 2. The molecule has 1 atom stereocenters. The van der Waals surface area contributed by atoms with Crippen LogP contribution in [0.2, 0.25) is 0 Å². The van der Waals surface area contributed by atoms with Crippen LogP contribution < -0.4 is 5.32 Å². The molecule has 0 radical (unpaired) electrons. The Bertz CT molecular complexity index is 100. The number of aliphatic hydroxyl groups is 1. The first kappa shape index (κ1) is 9.92. The fourth-order valence-electron chi connectivity index (χ4n) is 0.691. The highest BCUT2D eigenvalue weighted by Crippen LogP contribution is 2.28. The first-order valence-electron chi connectivity index (χ1n) is 3.67. The van der Waals surface area contributed by atoms with Gasteiger partial charge in [0.2, 0.25) is 0 Å². The average Bonchev–Trinajstić information content (AvgIpc) is 1.84. The molecule has 0 amide bonds. The van der Waals surface area contributed by atoms with E-state index in [1.165, 1.54) is 0 Å². The van der Waals surface area contributed by atoms with E-state index in [9.17, 15) is 0 Å². The van der Waals surface area contributed by atoms with Gasteiger partial charge >= 0.3 is 0 Å². The third-order valence-electron chi connectivity index (χ3n) is 2.52. The van der Waals surface area contributed by atoms with Crippen molar-refractivity contribution < 1.29 is 5.11 Å². The zero-order valence-electron chi connectivity index (χ0n) is 7.65. The molecule has 0 aliphatic heterocycles. The normalized spacial score (nSPS) is 18.6. The lowest BCUT2D eigenvalue weighted by atomic mass is 9.75. The van der Waals surface area contributed by atoms with Crippen molar-refractivity contribution in [3.05, 3.63) is 0 Å². The van der Waals surface area contributed by atoms with Crippen LogP contribution in [0.1, 0.15) is 27.7 Å². The molecule has 0 aromatic rings. The van der Waals surface area contributed by atoms with Crippen LogP contribution in [0.25, 0.3) is 0 Å². The zero-order valence-corrected chi connectivity index (χ0v) is 7.65. The van der Waals surface area contributed by atoms with Gasteiger partial charge in [-0.15, -0.1) is 0 Å². The number of hydrogen-bond donors (Lipinski definition) is 2. The third-order valence-corrected chi connectivity index (χ3v) is 2.52. The van der Waals surface area contributed by atoms with E-state index in [1.807, 2.05) is 14.0 Å². The predicted octanol–water partition coefficient (Wildman–Crippen LogP) is 1.00. The van der Waals surface area contributed by atoms with Crippen molar-refractivity contribution in [1.29, 1.82) is 0 Å². The molecule has 0 saturated carbocycles. The molecule has 10 heavy (non-hydrogen) atoms. The zero-order chi connectivity index (χ0) is 8.41. The van der Waals surface area contributed by atoms with Gasteiger partial charge in [0.15, 0.2) is 0 Å². The summed E-state index contributed by atoms with van der Waals surface area (Å²) in [7, 11) is 1.88. The van der Waals surface area contributed by atoms with Crippen molar-refractivity contribution in [2.75, 3.05) is 13.7 Å². The summed E-state index contributed by atoms with van der Waals surface area (Å²) in [5.41, 5.74) is -0.0799. The molecule has 2 nitrogen and oxygen atoms in total. The van der Waals surface area contributed by atoms with Gasteiger partial charge < -0.3 is 10.4 Å². The molecule has 2 N–H and O–H groups in total. The molecule has 0 saturated heterocycles. The first-order valence-corrected chi connectivity index (χ1v) is 3.67. The lowest BCUT2D eigenvalue weighted by molar-refractivity contribution is 0.0828. The summed E-state index contributed by atoms with van der Waals surface area (Å²) in [4.78, 5) is 0. The highest BCUT2D eigenvalue weighted by atomic mass is 16.3. The summed E-state index contributed by atoms with van der Waals surface area (Å²) < 4.78 is 0. The standard InChI is InChI=1S/C8H19NO/c1-7(2,3)8(4,6-10)9-5/h9-10H,6H2,1-5H3. The Morgan fingerprint density at radius 1 is 1.20 bits per heavy atom. The van der Waals surface area contributed by atoms with E-state index in [1.54, 1.807) is 0 Å². The second kappa shape index (κ2) is 2.89.